The number of ether oxygens (including phenoxy) is 4. The summed E-state index contributed by atoms with van der Waals surface area (Å²) in [6, 6.07) is 0. The fraction of sp³-hybridized carbons (Fsp3) is 0.945. The van der Waals surface area contributed by atoms with E-state index in [1.807, 2.05) is 0 Å². The predicted octanol–water partition coefficient (Wildman–Crippen LogP) is 20.9. The van der Waals surface area contributed by atoms with E-state index in [9.17, 15) is 43.2 Å². The second-order valence-electron chi connectivity index (χ2n) is 28.0. The number of phosphoric ester groups is 2. The maximum atomic E-state index is 13.0. The van der Waals surface area contributed by atoms with Crippen molar-refractivity contribution in [3.63, 3.8) is 0 Å². The van der Waals surface area contributed by atoms with Crippen molar-refractivity contribution in [1.29, 1.82) is 0 Å². The Kier molecular flexibility index (Phi) is 61.3. The molecule has 17 nitrogen and oxygen atoms in total. The molecule has 0 saturated carbocycles. The number of carbonyl (C=O) groups excluding carboxylic acids is 4. The third-order valence-electron chi connectivity index (χ3n) is 17.2. The second kappa shape index (κ2) is 62.6. The molecule has 0 heterocycles. The van der Waals surface area contributed by atoms with Crippen LogP contribution < -0.4 is 0 Å². The van der Waals surface area contributed by atoms with Gasteiger partial charge in [0.05, 0.1) is 26.4 Å². The lowest BCUT2D eigenvalue weighted by Gasteiger charge is -2.21. The molecule has 0 aliphatic carbocycles. The van der Waals surface area contributed by atoms with Crippen LogP contribution >= 0.6 is 15.6 Å². The Morgan fingerprint density at radius 2 is 0.522 bits per heavy atom. The predicted molar refractivity (Wildman–Crippen MR) is 372 cm³/mol. The van der Waals surface area contributed by atoms with E-state index in [1.165, 1.54) is 167 Å². The molecule has 0 bridgehead atoms. The summed E-state index contributed by atoms with van der Waals surface area (Å²) in [5.74, 6) is 0.896. The van der Waals surface area contributed by atoms with Crippen LogP contribution in [0.4, 0.5) is 0 Å². The van der Waals surface area contributed by atoms with Crippen LogP contribution in [0.15, 0.2) is 0 Å². The molecule has 0 aromatic rings. The van der Waals surface area contributed by atoms with Crippen molar-refractivity contribution in [2.45, 2.75) is 382 Å². The molecule has 0 saturated heterocycles. The molecule has 0 rings (SSSR count). The molecule has 0 amide bonds. The fourth-order valence-electron chi connectivity index (χ4n) is 11.0. The van der Waals surface area contributed by atoms with Gasteiger partial charge in [0.2, 0.25) is 0 Å². The molecule has 4 unspecified atom stereocenters. The molecule has 3 N–H and O–H groups in total. The van der Waals surface area contributed by atoms with Gasteiger partial charge in [0.25, 0.3) is 0 Å². The molecule has 0 fully saturated rings. The smallest absolute Gasteiger partial charge is 0.462 e. The summed E-state index contributed by atoms with van der Waals surface area (Å²) in [5.41, 5.74) is 0. The minimum Gasteiger partial charge on any atom is -0.462 e. The molecule has 0 aromatic carbocycles. The van der Waals surface area contributed by atoms with E-state index in [0.717, 1.165) is 108 Å². The summed E-state index contributed by atoms with van der Waals surface area (Å²) in [7, 11) is -9.91. The average Bonchev–Trinajstić information content (AvgIpc) is 2.55. The molecule has 92 heavy (non-hydrogen) atoms. The van der Waals surface area contributed by atoms with E-state index in [2.05, 4.69) is 55.4 Å². The van der Waals surface area contributed by atoms with Crippen LogP contribution in [0.25, 0.3) is 0 Å². The number of hydrogen-bond donors (Lipinski definition) is 3. The zero-order chi connectivity index (χ0) is 68.2. The number of esters is 4. The monoisotopic (exact) mass is 1350 g/mol. The highest BCUT2D eigenvalue weighted by molar-refractivity contribution is 7.47. The summed E-state index contributed by atoms with van der Waals surface area (Å²) in [6.07, 6.45) is 45.9. The van der Waals surface area contributed by atoms with E-state index >= 15 is 0 Å². The van der Waals surface area contributed by atoms with Crippen molar-refractivity contribution in [3.8, 4) is 0 Å². The van der Waals surface area contributed by atoms with Gasteiger partial charge < -0.3 is 33.8 Å². The summed E-state index contributed by atoms with van der Waals surface area (Å²) in [4.78, 5) is 72.6. The Morgan fingerprint density at radius 3 is 0.772 bits per heavy atom. The molecule has 0 aliphatic heterocycles. The van der Waals surface area contributed by atoms with E-state index in [0.29, 0.717) is 31.6 Å². The van der Waals surface area contributed by atoms with Gasteiger partial charge in [0.1, 0.15) is 19.3 Å². The van der Waals surface area contributed by atoms with Gasteiger partial charge in [-0.15, -0.1) is 0 Å². The summed E-state index contributed by atoms with van der Waals surface area (Å²) >= 11 is 0. The lowest BCUT2D eigenvalue weighted by molar-refractivity contribution is -0.161. The topological polar surface area (TPSA) is 237 Å². The van der Waals surface area contributed by atoms with E-state index in [1.54, 1.807) is 0 Å². The number of carbonyl (C=O) groups is 4. The van der Waals surface area contributed by atoms with Crippen LogP contribution in [0.1, 0.15) is 364 Å². The van der Waals surface area contributed by atoms with Gasteiger partial charge in [-0.2, -0.15) is 0 Å². The highest BCUT2D eigenvalue weighted by Gasteiger charge is 2.30. The number of aliphatic hydroxyl groups is 1. The first-order chi connectivity index (χ1) is 44.1. The van der Waals surface area contributed by atoms with Crippen molar-refractivity contribution in [2.24, 2.45) is 23.7 Å². The summed E-state index contributed by atoms with van der Waals surface area (Å²) < 4.78 is 68.4. The SMILES string of the molecule is CCC(C)CCCCCCCCCCCCCCCCC(=O)OC[C@H](COP(=O)(O)OCC(O)COP(=O)(O)OC[C@@H](COC(=O)CCCCCCCCCCC(C)C)OC(=O)CCCCCCCCCC(C)C)OC(=O)CCCCCCCCCCCCC(C)C. The second-order valence-corrected chi connectivity index (χ2v) is 30.9. The quantitative estimate of drug-likeness (QED) is 0.0222. The Labute approximate surface area is 562 Å². The Hall–Kier alpha value is -1.94. The third-order valence-corrected chi connectivity index (χ3v) is 19.1. The lowest BCUT2D eigenvalue weighted by atomic mass is 9.99. The largest absolute Gasteiger partial charge is 0.472 e. The molecule has 0 spiro atoms. The van der Waals surface area contributed by atoms with Gasteiger partial charge in [0.15, 0.2) is 12.2 Å². The van der Waals surface area contributed by atoms with Crippen molar-refractivity contribution in [3.05, 3.63) is 0 Å². The number of rotatable bonds is 70. The Bertz CT molecular complexity index is 1820. The van der Waals surface area contributed by atoms with Crippen molar-refractivity contribution >= 4 is 39.5 Å². The highest BCUT2D eigenvalue weighted by atomic mass is 31.2. The lowest BCUT2D eigenvalue weighted by Crippen LogP contribution is -2.30. The molecule has 0 aromatic heterocycles. The van der Waals surface area contributed by atoms with Crippen molar-refractivity contribution < 1.29 is 80.2 Å². The zero-order valence-corrected chi connectivity index (χ0v) is 62.0. The van der Waals surface area contributed by atoms with Gasteiger partial charge in [-0.25, -0.2) is 9.13 Å². The van der Waals surface area contributed by atoms with Crippen LogP contribution in [-0.4, -0.2) is 96.7 Å². The molecule has 6 atom stereocenters. The van der Waals surface area contributed by atoms with Crippen LogP contribution in [0, 0.1) is 23.7 Å². The van der Waals surface area contributed by atoms with Crippen molar-refractivity contribution in [1.82, 2.24) is 0 Å². The molecule has 0 radical (unpaired) electrons. The standard InChI is InChI=1S/C73H142O17P2/c1-9-66(8)52-44-36-28-19-14-12-10-11-13-15-20-29-37-45-53-70(75)83-59-68(89-72(77)55-47-39-31-21-17-16-18-25-33-41-49-63(2)3)61-87-91(79,80)85-57-67(74)58-86-92(81,82)88-62-69(90-73(78)56-48-40-32-24-27-35-43-51-65(6)7)60-84-71(76)54-46-38-30-23-22-26-34-42-50-64(4)5/h63-69,74H,9-62H2,1-8H3,(H,79,80)(H,81,82)/t66?,67?,68-,69-/m1/s1. The van der Waals surface area contributed by atoms with Gasteiger partial charge in [0, 0.05) is 25.7 Å². The fourth-order valence-corrected chi connectivity index (χ4v) is 12.6. The molecule has 546 valence electrons. The zero-order valence-electron chi connectivity index (χ0n) is 60.2. The van der Waals surface area contributed by atoms with Gasteiger partial charge >= 0.3 is 39.5 Å². The summed E-state index contributed by atoms with van der Waals surface area (Å²) in [5, 5.41) is 10.6. The first kappa shape index (κ1) is 90.1. The summed E-state index contributed by atoms with van der Waals surface area (Å²) in [6.45, 7) is 14.1. The number of unbranched alkanes of at least 4 members (excludes halogenated alkanes) is 35. The Balaban J connectivity index is 5.22. The number of hydrogen-bond acceptors (Lipinski definition) is 15. The first-order valence-electron chi connectivity index (χ1n) is 37.7. The van der Waals surface area contributed by atoms with E-state index in [-0.39, 0.29) is 25.7 Å². The molecular formula is C73H142O17P2. The molecular weight excluding hydrogens is 1210 g/mol. The van der Waals surface area contributed by atoms with Crippen LogP contribution in [0.5, 0.6) is 0 Å². The average molecular weight is 1350 g/mol. The molecule has 19 heteroatoms. The number of aliphatic hydroxyl groups excluding tert-OH is 1. The third kappa shape index (κ3) is 65.4. The minimum atomic E-state index is -4.96. The number of phosphoric acid groups is 2. The van der Waals surface area contributed by atoms with Gasteiger partial charge in [-0.3, -0.25) is 37.3 Å². The van der Waals surface area contributed by atoms with E-state index in [4.69, 9.17) is 37.0 Å². The van der Waals surface area contributed by atoms with E-state index < -0.39 is 97.5 Å². The van der Waals surface area contributed by atoms with Crippen LogP contribution in [-0.2, 0) is 65.4 Å². The van der Waals surface area contributed by atoms with Crippen molar-refractivity contribution in [2.75, 3.05) is 39.6 Å². The first-order valence-corrected chi connectivity index (χ1v) is 40.7. The van der Waals surface area contributed by atoms with Crippen LogP contribution in [0.2, 0.25) is 0 Å². The normalized spacial score (nSPS) is 14.5. The maximum absolute atomic E-state index is 13.0. The van der Waals surface area contributed by atoms with Gasteiger partial charge in [-0.05, 0) is 49.4 Å². The molecule has 0 aliphatic rings. The van der Waals surface area contributed by atoms with Crippen LogP contribution in [0.3, 0.4) is 0 Å². The van der Waals surface area contributed by atoms with Gasteiger partial charge in [-0.1, -0.05) is 312 Å². The minimum absolute atomic E-state index is 0.102. The maximum Gasteiger partial charge on any atom is 0.472 e. The Morgan fingerprint density at radius 1 is 0.304 bits per heavy atom. The highest BCUT2D eigenvalue weighted by Crippen LogP contribution is 2.45.